The van der Waals surface area contributed by atoms with Gasteiger partial charge in [-0.05, 0) is 24.3 Å². The van der Waals surface area contributed by atoms with Crippen LogP contribution in [0.15, 0.2) is 47.6 Å². The Hall–Kier alpha value is -1.60. The summed E-state index contributed by atoms with van der Waals surface area (Å²) < 4.78 is 51.7. The zero-order valence-corrected chi connectivity index (χ0v) is 11.6. The van der Waals surface area contributed by atoms with E-state index >= 15 is 0 Å². The predicted molar refractivity (Wildman–Crippen MR) is 73.3 cm³/mol. The van der Waals surface area contributed by atoms with E-state index in [0.29, 0.717) is 4.90 Å². The van der Waals surface area contributed by atoms with Crippen LogP contribution in [0.3, 0.4) is 0 Å². The molecular weight excluding hydrogens is 304 g/mol. The molecule has 2 nitrogen and oxygen atoms in total. The van der Waals surface area contributed by atoms with Crippen molar-refractivity contribution in [3.63, 3.8) is 0 Å². The molecule has 7 heteroatoms. The van der Waals surface area contributed by atoms with Gasteiger partial charge in [0.25, 0.3) is 0 Å². The van der Waals surface area contributed by atoms with Crippen molar-refractivity contribution in [2.75, 3.05) is 5.75 Å². The number of alkyl halides is 3. The minimum atomic E-state index is -4.47. The van der Waals surface area contributed by atoms with Gasteiger partial charge < -0.3 is 5.73 Å². The van der Waals surface area contributed by atoms with E-state index in [1.54, 1.807) is 6.07 Å². The van der Waals surface area contributed by atoms with E-state index in [1.807, 2.05) is 0 Å². The Morgan fingerprint density at radius 1 is 1.24 bits per heavy atom. The van der Waals surface area contributed by atoms with Crippen LogP contribution in [-0.4, -0.2) is 10.7 Å². The highest BCUT2D eigenvalue weighted by Gasteiger charge is 2.34. The maximum atomic E-state index is 13.0. The lowest BCUT2D eigenvalue weighted by Crippen LogP contribution is -2.19. The Bertz CT molecular complexity index is 616. The van der Waals surface area contributed by atoms with E-state index in [-0.39, 0.29) is 11.3 Å². The van der Waals surface area contributed by atoms with Crippen LogP contribution in [0.25, 0.3) is 0 Å². The van der Waals surface area contributed by atoms with Gasteiger partial charge in [0.05, 0.1) is 5.56 Å². The van der Waals surface area contributed by atoms with Crippen LogP contribution >= 0.6 is 11.8 Å². The molecule has 0 aliphatic carbocycles. The molecule has 1 aromatic carbocycles. The number of nitrogens with zero attached hydrogens (tertiary/aromatic N) is 1. The summed E-state index contributed by atoms with van der Waals surface area (Å²) in [6, 6.07) is 5.88. The molecule has 0 amide bonds. The van der Waals surface area contributed by atoms with Gasteiger partial charge in [0.15, 0.2) is 0 Å². The number of benzene rings is 1. The Balaban J connectivity index is 2.12. The fourth-order valence-electron chi connectivity index (χ4n) is 1.79. The quantitative estimate of drug-likeness (QED) is 0.684. The normalized spacial score (nSPS) is 13.2. The van der Waals surface area contributed by atoms with Gasteiger partial charge in [-0.15, -0.1) is 11.8 Å². The lowest BCUT2D eigenvalue weighted by Gasteiger charge is -2.17. The minimum Gasteiger partial charge on any atom is -0.323 e. The highest BCUT2D eigenvalue weighted by Crippen LogP contribution is 2.34. The van der Waals surface area contributed by atoms with Crippen molar-refractivity contribution in [2.45, 2.75) is 17.1 Å². The number of aromatic nitrogens is 1. The number of thioether (sulfide) groups is 1. The zero-order valence-electron chi connectivity index (χ0n) is 10.8. The second-order valence-electron chi connectivity index (χ2n) is 4.34. The van der Waals surface area contributed by atoms with E-state index in [0.717, 1.165) is 18.5 Å². The summed E-state index contributed by atoms with van der Waals surface area (Å²) in [7, 11) is 0. The first-order valence-electron chi connectivity index (χ1n) is 6.03. The summed E-state index contributed by atoms with van der Waals surface area (Å²) in [6.45, 7) is 0. The molecule has 2 rings (SSSR count). The number of hydrogen-bond donors (Lipinski definition) is 1. The van der Waals surface area contributed by atoms with Crippen LogP contribution in [0.5, 0.6) is 0 Å². The SMILES string of the molecule is NC(CSc1cccc(F)c1)c1cnccc1C(F)(F)F. The Morgan fingerprint density at radius 2 is 2.00 bits per heavy atom. The minimum absolute atomic E-state index is 0.0612. The van der Waals surface area contributed by atoms with E-state index in [9.17, 15) is 17.6 Å². The Kier molecular flexibility index (Phi) is 4.84. The third-order valence-electron chi connectivity index (χ3n) is 2.78. The molecule has 1 heterocycles. The highest BCUT2D eigenvalue weighted by atomic mass is 32.2. The average molecular weight is 316 g/mol. The van der Waals surface area contributed by atoms with Gasteiger partial charge in [0, 0.05) is 34.6 Å². The molecule has 0 bridgehead atoms. The first-order chi connectivity index (χ1) is 9.88. The molecule has 2 N–H and O–H groups in total. The standard InChI is InChI=1S/C14H12F4N2S/c15-9-2-1-3-10(6-9)21-8-13(19)11-7-20-5-4-12(11)14(16,17)18/h1-7,13H,8,19H2. The number of pyridine rings is 1. The molecule has 0 spiro atoms. The molecule has 0 aliphatic rings. The molecule has 0 radical (unpaired) electrons. The first kappa shape index (κ1) is 15.8. The van der Waals surface area contributed by atoms with Gasteiger partial charge in [-0.1, -0.05) is 6.07 Å². The number of rotatable bonds is 4. The van der Waals surface area contributed by atoms with Crippen molar-refractivity contribution in [3.05, 3.63) is 59.7 Å². The van der Waals surface area contributed by atoms with Crippen LogP contribution in [0.4, 0.5) is 17.6 Å². The van der Waals surface area contributed by atoms with Gasteiger partial charge >= 0.3 is 6.18 Å². The summed E-state index contributed by atoms with van der Waals surface area (Å²) in [6.07, 6.45) is -2.27. The number of halogens is 4. The topological polar surface area (TPSA) is 38.9 Å². The Labute approximate surface area is 123 Å². The van der Waals surface area contributed by atoms with Gasteiger partial charge in [0.2, 0.25) is 0 Å². The average Bonchev–Trinajstić information content (AvgIpc) is 2.44. The second-order valence-corrected chi connectivity index (χ2v) is 5.43. The smallest absolute Gasteiger partial charge is 0.323 e. The van der Waals surface area contributed by atoms with Crippen LogP contribution in [0.2, 0.25) is 0 Å². The summed E-state index contributed by atoms with van der Waals surface area (Å²) >= 11 is 1.20. The van der Waals surface area contributed by atoms with E-state index in [4.69, 9.17) is 5.73 Å². The molecule has 1 unspecified atom stereocenters. The van der Waals surface area contributed by atoms with Crippen molar-refractivity contribution in [2.24, 2.45) is 5.73 Å². The van der Waals surface area contributed by atoms with Crippen LogP contribution in [-0.2, 0) is 6.18 Å². The van der Waals surface area contributed by atoms with Crippen LogP contribution < -0.4 is 5.73 Å². The second kappa shape index (κ2) is 6.44. The number of hydrogen-bond acceptors (Lipinski definition) is 3. The van der Waals surface area contributed by atoms with E-state index in [1.165, 1.54) is 30.0 Å². The number of nitrogens with two attached hydrogens (primary N) is 1. The molecule has 0 fully saturated rings. The van der Waals surface area contributed by atoms with Gasteiger partial charge in [0.1, 0.15) is 5.82 Å². The van der Waals surface area contributed by atoms with Crippen LogP contribution in [0, 0.1) is 5.82 Å². The molecular formula is C14H12F4N2S. The van der Waals surface area contributed by atoms with Crippen molar-refractivity contribution in [1.29, 1.82) is 0 Å². The molecule has 0 saturated heterocycles. The van der Waals surface area contributed by atoms with Crippen molar-refractivity contribution in [3.8, 4) is 0 Å². The van der Waals surface area contributed by atoms with Crippen molar-refractivity contribution >= 4 is 11.8 Å². The summed E-state index contributed by atoms with van der Waals surface area (Å²) in [4.78, 5) is 4.31. The summed E-state index contributed by atoms with van der Waals surface area (Å²) in [5.74, 6) is -0.205. The molecule has 2 aromatic rings. The molecule has 0 aliphatic heterocycles. The molecule has 21 heavy (non-hydrogen) atoms. The highest BCUT2D eigenvalue weighted by molar-refractivity contribution is 7.99. The zero-order chi connectivity index (χ0) is 15.5. The fraction of sp³-hybridized carbons (Fsp3) is 0.214. The molecule has 1 atom stereocenters. The third-order valence-corrected chi connectivity index (χ3v) is 3.90. The fourth-order valence-corrected chi connectivity index (χ4v) is 2.72. The van der Waals surface area contributed by atoms with E-state index in [2.05, 4.69) is 4.98 Å². The molecule has 1 aromatic heterocycles. The van der Waals surface area contributed by atoms with Gasteiger partial charge in [-0.25, -0.2) is 4.39 Å². The van der Waals surface area contributed by atoms with Crippen LogP contribution in [0.1, 0.15) is 17.2 Å². The molecule has 0 saturated carbocycles. The monoisotopic (exact) mass is 316 g/mol. The van der Waals surface area contributed by atoms with Crippen molar-refractivity contribution in [1.82, 2.24) is 4.98 Å². The van der Waals surface area contributed by atoms with Gasteiger partial charge in [-0.2, -0.15) is 13.2 Å². The third kappa shape index (κ3) is 4.18. The summed E-state index contributed by atoms with van der Waals surface area (Å²) in [5, 5.41) is 0. The molecule has 112 valence electrons. The first-order valence-corrected chi connectivity index (χ1v) is 7.01. The maximum absolute atomic E-state index is 13.0. The largest absolute Gasteiger partial charge is 0.416 e. The van der Waals surface area contributed by atoms with Crippen molar-refractivity contribution < 1.29 is 17.6 Å². The van der Waals surface area contributed by atoms with E-state index < -0.39 is 23.6 Å². The Morgan fingerprint density at radius 3 is 2.67 bits per heavy atom. The predicted octanol–water partition coefficient (Wildman–Crippen LogP) is 4.03. The van der Waals surface area contributed by atoms with Gasteiger partial charge in [-0.3, -0.25) is 4.98 Å². The lowest BCUT2D eigenvalue weighted by atomic mass is 10.0. The lowest BCUT2D eigenvalue weighted by molar-refractivity contribution is -0.138. The summed E-state index contributed by atoms with van der Waals surface area (Å²) in [5.41, 5.74) is 4.98. The maximum Gasteiger partial charge on any atom is 0.416 e.